The van der Waals surface area contributed by atoms with E-state index in [0.29, 0.717) is 5.82 Å². The maximum Gasteiger partial charge on any atom is 0.181 e. The Kier molecular flexibility index (Phi) is 6.16. The molecule has 190 valence electrons. The van der Waals surface area contributed by atoms with Gasteiger partial charge in [-0.2, -0.15) is 10.2 Å². The van der Waals surface area contributed by atoms with Gasteiger partial charge < -0.3 is 4.74 Å². The Hall–Kier alpha value is -3.71. The van der Waals surface area contributed by atoms with Crippen LogP contribution in [0.4, 0.5) is 0 Å². The second kappa shape index (κ2) is 9.63. The number of hydrogen-bond acceptors (Lipinski definition) is 5. The number of fused-ring (bicyclic) bond motifs is 2. The second-order valence-corrected chi connectivity index (χ2v) is 11.1. The number of nitrogens with zero attached hydrogens (tertiary/aromatic N) is 4. The van der Waals surface area contributed by atoms with Gasteiger partial charge in [-0.05, 0) is 73.1 Å². The van der Waals surface area contributed by atoms with E-state index >= 15 is 0 Å². The Morgan fingerprint density at radius 3 is 2.43 bits per heavy atom. The van der Waals surface area contributed by atoms with Crippen LogP contribution in [-0.4, -0.2) is 56.5 Å². The van der Waals surface area contributed by atoms with Crippen molar-refractivity contribution in [2.45, 2.75) is 45.4 Å². The molecule has 7 nitrogen and oxygen atoms in total. The minimum atomic E-state index is -0.0839. The first-order valence-corrected chi connectivity index (χ1v) is 13.2. The van der Waals surface area contributed by atoms with Crippen molar-refractivity contribution in [2.75, 3.05) is 26.2 Å². The van der Waals surface area contributed by atoms with Gasteiger partial charge in [0.15, 0.2) is 5.82 Å². The van der Waals surface area contributed by atoms with Crippen LogP contribution in [0.15, 0.2) is 54.6 Å². The Bertz CT molecular complexity index is 1540. The molecule has 0 spiro atoms. The molecule has 3 heterocycles. The minimum absolute atomic E-state index is 0.0839. The number of aromatic nitrogens is 5. The maximum absolute atomic E-state index is 6.08. The van der Waals surface area contributed by atoms with E-state index in [1.807, 2.05) is 12.1 Å². The van der Waals surface area contributed by atoms with Gasteiger partial charge in [-0.3, -0.25) is 15.1 Å². The van der Waals surface area contributed by atoms with E-state index in [2.05, 4.69) is 88.5 Å². The number of ether oxygens (including phenoxy) is 1. The molecule has 2 aromatic heterocycles. The molecule has 1 fully saturated rings. The molecule has 0 radical (unpaired) electrons. The van der Waals surface area contributed by atoms with Crippen molar-refractivity contribution in [3.8, 4) is 28.4 Å². The molecule has 1 saturated heterocycles. The van der Waals surface area contributed by atoms with E-state index in [0.717, 1.165) is 63.2 Å². The standard InChI is InChI=1S/C30H34N6O/c1-30(2,3)29-31-28(34-35-29)23-10-12-26-25(19-23)27(33-32-26)22-8-7-21-18-24(11-9-20(21)17-22)37-16-15-36-13-5-4-6-14-36/h7-12,17-19H,4-6,13-16H2,1-3H3,(H,32,33)(H,31,34,35). The van der Waals surface area contributed by atoms with Crippen molar-refractivity contribution in [1.82, 2.24) is 30.3 Å². The lowest BCUT2D eigenvalue weighted by Crippen LogP contribution is -2.33. The number of benzene rings is 3. The van der Waals surface area contributed by atoms with Crippen LogP contribution in [0.5, 0.6) is 5.75 Å². The molecule has 5 aromatic rings. The summed E-state index contributed by atoms with van der Waals surface area (Å²) in [4.78, 5) is 7.23. The van der Waals surface area contributed by atoms with E-state index in [4.69, 9.17) is 9.72 Å². The van der Waals surface area contributed by atoms with Crippen LogP contribution >= 0.6 is 0 Å². The lowest BCUT2D eigenvalue weighted by Gasteiger charge is -2.26. The molecule has 0 unspecified atom stereocenters. The molecule has 1 aliphatic rings. The quantitative estimate of drug-likeness (QED) is 0.288. The number of hydrogen-bond donors (Lipinski definition) is 2. The van der Waals surface area contributed by atoms with Gasteiger partial charge in [0.05, 0.1) is 11.2 Å². The number of H-pyrrole nitrogens is 2. The van der Waals surface area contributed by atoms with Gasteiger partial charge in [0.25, 0.3) is 0 Å². The molecule has 0 bridgehead atoms. The van der Waals surface area contributed by atoms with Crippen LogP contribution in [0.3, 0.4) is 0 Å². The second-order valence-electron chi connectivity index (χ2n) is 11.1. The Morgan fingerprint density at radius 1 is 0.838 bits per heavy atom. The fourth-order valence-electron chi connectivity index (χ4n) is 5.04. The third kappa shape index (κ3) is 4.96. The van der Waals surface area contributed by atoms with Crippen molar-refractivity contribution in [3.63, 3.8) is 0 Å². The van der Waals surface area contributed by atoms with Crippen LogP contribution in [0.2, 0.25) is 0 Å². The first kappa shape index (κ1) is 23.7. The summed E-state index contributed by atoms with van der Waals surface area (Å²) in [6, 6.07) is 19.0. The summed E-state index contributed by atoms with van der Waals surface area (Å²) in [6.07, 6.45) is 3.98. The molecule has 37 heavy (non-hydrogen) atoms. The molecule has 7 heteroatoms. The van der Waals surface area contributed by atoms with Crippen molar-refractivity contribution in [2.24, 2.45) is 0 Å². The fraction of sp³-hybridized carbons (Fsp3) is 0.367. The zero-order chi connectivity index (χ0) is 25.4. The van der Waals surface area contributed by atoms with Gasteiger partial charge in [-0.15, -0.1) is 0 Å². The largest absolute Gasteiger partial charge is 0.492 e. The van der Waals surface area contributed by atoms with E-state index in [1.54, 1.807) is 0 Å². The summed E-state index contributed by atoms with van der Waals surface area (Å²) in [6.45, 7) is 10.5. The van der Waals surface area contributed by atoms with Crippen LogP contribution in [0.25, 0.3) is 44.3 Å². The molecule has 0 atom stereocenters. The smallest absolute Gasteiger partial charge is 0.181 e. The molecule has 1 aliphatic heterocycles. The number of rotatable bonds is 6. The van der Waals surface area contributed by atoms with Crippen molar-refractivity contribution < 1.29 is 4.74 Å². The number of nitrogens with one attached hydrogen (secondary N) is 2. The zero-order valence-electron chi connectivity index (χ0n) is 21.8. The lowest BCUT2D eigenvalue weighted by molar-refractivity contribution is 0.183. The number of likely N-dealkylation sites (tertiary alicyclic amines) is 1. The highest BCUT2D eigenvalue weighted by atomic mass is 16.5. The summed E-state index contributed by atoms with van der Waals surface area (Å²) in [5, 5.41) is 18.8. The van der Waals surface area contributed by atoms with Gasteiger partial charge in [0, 0.05) is 28.5 Å². The molecule has 0 amide bonds. The van der Waals surface area contributed by atoms with Crippen molar-refractivity contribution >= 4 is 21.7 Å². The topological polar surface area (TPSA) is 82.7 Å². The Labute approximate surface area is 217 Å². The van der Waals surface area contributed by atoms with Crippen molar-refractivity contribution in [3.05, 3.63) is 60.4 Å². The van der Waals surface area contributed by atoms with Crippen LogP contribution < -0.4 is 4.74 Å². The van der Waals surface area contributed by atoms with Crippen LogP contribution in [0, 0.1) is 0 Å². The molecular weight excluding hydrogens is 460 g/mol. The molecular formula is C30H34N6O. The Balaban J connectivity index is 1.23. The molecule has 3 aromatic carbocycles. The first-order valence-electron chi connectivity index (χ1n) is 13.2. The summed E-state index contributed by atoms with van der Waals surface area (Å²) in [5.74, 6) is 2.50. The predicted molar refractivity (Wildman–Crippen MR) is 149 cm³/mol. The highest BCUT2D eigenvalue weighted by molar-refractivity contribution is 5.97. The fourth-order valence-corrected chi connectivity index (χ4v) is 5.04. The monoisotopic (exact) mass is 494 g/mol. The summed E-state index contributed by atoms with van der Waals surface area (Å²) in [5.41, 5.74) is 3.86. The normalized spacial score (nSPS) is 15.0. The number of aromatic amines is 2. The van der Waals surface area contributed by atoms with Crippen LogP contribution in [-0.2, 0) is 5.41 Å². The number of piperidine rings is 1. The van der Waals surface area contributed by atoms with E-state index in [9.17, 15) is 0 Å². The highest BCUT2D eigenvalue weighted by Gasteiger charge is 2.20. The van der Waals surface area contributed by atoms with E-state index < -0.39 is 0 Å². The average molecular weight is 495 g/mol. The van der Waals surface area contributed by atoms with Gasteiger partial charge in [-0.1, -0.05) is 45.4 Å². The summed E-state index contributed by atoms with van der Waals surface area (Å²) in [7, 11) is 0. The molecule has 0 aliphatic carbocycles. The Morgan fingerprint density at radius 2 is 1.62 bits per heavy atom. The lowest BCUT2D eigenvalue weighted by atomic mass is 9.96. The van der Waals surface area contributed by atoms with Gasteiger partial charge in [0.1, 0.15) is 18.2 Å². The molecule has 6 rings (SSSR count). The first-order chi connectivity index (χ1) is 17.9. The third-order valence-electron chi connectivity index (χ3n) is 7.23. The summed E-state index contributed by atoms with van der Waals surface area (Å²) >= 11 is 0. The van der Waals surface area contributed by atoms with Gasteiger partial charge in [-0.25, -0.2) is 4.98 Å². The average Bonchev–Trinajstić information content (AvgIpc) is 3.57. The van der Waals surface area contributed by atoms with Gasteiger partial charge >= 0.3 is 0 Å². The molecule has 0 saturated carbocycles. The summed E-state index contributed by atoms with van der Waals surface area (Å²) < 4.78 is 6.08. The van der Waals surface area contributed by atoms with E-state index in [1.165, 1.54) is 32.4 Å². The minimum Gasteiger partial charge on any atom is -0.492 e. The maximum atomic E-state index is 6.08. The van der Waals surface area contributed by atoms with E-state index in [-0.39, 0.29) is 5.41 Å². The molecule has 2 N–H and O–H groups in total. The van der Waals surface area contributed by atoms with Gasteiger partial charge in [0.2, 0.25) is 0 Å². The SMILES string of the molecule is CC(C)(C)c1nc(-c2ccc3[nH]nc(-c4ccc5cc(OCCN6CCCCC6)ccc5c4)c3c2)n[nH]1. The van der Waals surface area contributed by atoms with Crippen LogP contribution in [0.1, 0.15) is 45.9 Å². The predicted octanol–water partition coefficient (Wildman–Crippen LogP) is 6.33. The third-order valence-corrected chi connectivity index (χ3v) is 7.23. The van der Waals surface area contributed by atoms with Crippen molar-refractivity contribution in [1.29, 1.82) is 0 Å². The highest BCUT2D eigenvalue weighted by Crippen LogP contribution is 2.32. The zero-order valence-corrected chi connectivity index (χ0v) is 21.8.